The van der Waals surface area contributed by atoms with Gasteiger partial charge in [0.15, 0.2) is 0 Å². The van der Waals surface area contributed by atoms with Crippen molar-refractivity contribution in [2.45, 2.75) is 53.1 Å². The number of rotatable bonds is 10. The summed E-state index contributed by atoms with van der Waals surface area (Å²) in [6, 6.07) is 6.50. The molecule has 2 N–H and O–H groups in total. The van der Waals surface area contributed by atoms with Crippen LogP contribution in [0.4, 0.5) is 5.69 Å². The highest BCUT2D eigenvalue weighted by atomic mass is 16.5. The predicted octanol–water partition coefficient (Wildman–Crippen LogP) is 4.14. The van der Waals surface area contributed by atoms with E-state index >= 15 is 0 Å². The molecule has 1 aromatic heterocycles. The van der Waals surface area contributed by atoms with Crippen LogP contribution in [0.15, 0.2) is 41.7 Å². The van der Waals surface area contributed by atoms with E-state index in [4.69, 9.17) is 9.47 Å². The van der Waals surface area contributed by atoms with Crippen molar-refractivity contribution in [3.8, 4) is 0 Å². The van der Waals surface area contributed by atoms with Crippen molar-refractivity contribution in [3.05, 3.63) is 80.8 Å². The first-order valence-corrected chi connectivity index (χ1v) is 14.4. The van der Waals surface area contributed by atoms with Crippen LogP contribution in [0, 0.1) is 20.8 Å². The Balaban J connectivity index is 1.72. The second-order valence-electron chi connectivity index (χ2n) is 10.7. The summed E-state index contributed by atoms with van der Waals surface area (Å²) in [5.41, 5.74) is 6.83. The van der Waals surface area contributed by atoms with Crippen LogP contribution in [0.5, 0.6) is 0 Å². The molecule has 0 bridgehead atoms. The summed E-state index contributed by atoms with van der Waals surface area (Å²) in [6.07, 6.45) is 5.78. The molecule has 2 aliphatic heterocycles. The molecule has 8 heteroatoms. The van der Waals surface area contributed by atoms with Crippen molar-refractivity contribution in [3.63, 3.8) is 0 Å². The summed E-state index contributed by atoms with van der Waals surface area (Å²) in [4.78, 5) is 34.0. The molecule has 0 spiro atoms. The molecule has 1 amide bonds. The Bertz CT molecular complexity index is 1290. The Morgan fingerprint density at radius 3 is 2.48 bits per heavy atom. The van der Waals surface area contributed by atoms with Gasteiger partial charge in [-0.05, 0) is 81.0 Å². The number of allylic oxidation sites excluding steroid dienone is 2. The van der Waals surface area contributed by atoms with E-state index in [1.165, 1.54) is 0 Å². The van der Waals surface area contributed by atoms with Crippen molar-refractivity contribution in [2.24, 2.45) is 0 Å². The third-order valence-electron chi connectivity index (χ3n) is 8.01. The molecule has 2 aliphatic rings. The van der Waals surface area contributed by atoms with Gasteiger partial charge < -0.3 is 24.7 Å². The maximum absolute atomic E-state index is 13.8. The fraction of sp³-hybridized carbons (Fsp3) is 0.500. The Hall–Kier alpha value is -3.20. The van der Waals surface area contributed by atoms with Gasteiger partial charge in [0.1, 0.15) is 0 Å². The number of ether oxygens (including phenoxy) is 2. The van der Waals surface area contributed by atoms with Crippen molar-refractivity contribution in [1.82, 2.24) is 15.2 Å². The molecule has 216 valence electrons. The van der Waals surface area contributed by atoms with E-state index < -0.39 is 0 Å². The van der Waals surface area contributed by atoms with Crippen LogP contribution in [0.1, 0.15) is 58.1 Å². The monoisotopic (exact) mass is 548 g/mol. The van der Waals surface area contributed by atoms with E-state index in [2.05, 4.69) is 39.7 Å². The van der Waals surface area contributed by atoms with E-state index in [1.54, 1.807) is 0 Å². The van der Waals surface area contributed by atoms with Crippen molar-refractivity contribution in [1.29, 1.82) is 0 Å². The summed E-state index contributed by atoms with van der Waals surface area (Å²) in [6.45, 7) is 18.3. The van der Waals surface area contributed by atoms with Gasteiger partial charge >= 0.3 is 0 Å². The molecule has 0 radical (unpaired) electrons. The van der Waals surface area contributed by atoms with Crippen LogP contribution in [0.3, 0.4) is 0 Å². The predicted molar refractivity (Wildman–Crippen MR) is 161 cm³/mol. The molecule has 0 aliphatic carbocycles. The highest BCUT2D eigenvalue weighted by Gasteiger charge is 2.25. The quantitative estimate of drug-likeness (QED) is 0.434. The number of benzene rings is 1. The highest BCUT2D eigenvalue weighted by Crippen LogP contribution is 2.33. The van der Waals surface area contributed by atoms with Crippen molar-refractivity contribution < 1.29 is 14.3 Å². The Kier molecular flexibility index (Phi) is 10.4. The lowest BCUT2D eigenvalue weighted by Gasteiger charge is -2.37. The van der Waals surface area contributed by atoms with Gasteiger partial charge in [-0.1, -0.05) is 18.7 Å². The lowest BCUT2D eigenvalue weighted by molar-refractivity contribution is 0.0444. The first kappa shape index (κ1) is 29.8. The molecule has 40 heavy (non-hydrogen) atoms. The molecule has 0 unspecified atom stereocenters. The molecular formula is C32H44N4O4. The molecule has 2 aromatic rings. The topological polar surface area (TPSA) is 86.9 Å². The molecule has 8 nitrogen and oxygen atoms in total. The van der Waals surface area contributed by atoms with Crippen LogP contribution < -0.4 is 15.8 Å². The summed E-state index contributed by atoms with van der Waals surface area (Å²) < 4.78 is 11.2. The molecule has 1 aromatic carbocycles. The smallest absolute Gasteiger partial charge is 0.253 e. The minimum Gasteiger partial charge on any atom is -0.381 e. The molecule has 2 fully saturated rings. The number of aromatic nitrogens is 1. The molecule has 0 atom stereocenters. The van der Waals surface area contributed by atoms with E-state index in [0.29, 0.717) is 17.2 Å². The third kappa shape index (κ3) is 7.11. The summed E-state index contributed by atoms with van der Waals surface area (Å²) in [7, 11) is 0. The number of hydrogen-bond acceptors (Lipinski definition) is 6. The second-order valence-corrected chi connectivity index (χ2v) is 10.7. The van der Waals surface area contributed by atoms with Gasteiger partial charge in [-0.25, -0.2) is 0 Å². The zero-order valence-electron chi connectivity index (χ0n) is 24.5. The number of aromatic amines is 1. The normalized spacial score (nSPS) is 17.1. The number of nitrogens with zero attached hydrogens (tertiary/aromatic N) is 2. The largest absolute Gasteiger partial charge is 0.381 e. The number of aryl methyl sites for hydroxylation is 2. The van der Waals surface area contributed by atoms with E-state index in [1.807, 2.05) is 45.1 Å². The molecule has 0 saturated carbocycles. The number of nitrogens with one attached hydrogen (secondary N) is 2. The zero-order chi connectivity index (χ0) is 28.6. The maximum Gasteiger partial charge on any atom is 0.253 e. The lowest BCUT2D eigenvalue weighted by Crippen LogP contribution is -2.40. The van der Waals surface area contributed by atoms with Gasteiger partial charge in [0.2, 0.25) is 0 Å². The number of carbonyl (C=O) groups excluding carboxylic acids is 1. The highest BCUT2D eigenvalue weighted by molar-refractivity contribution is 5.98. The zero-order valence-corrected chi connectivity index (χ0v) is 24.5. The number of carbonyl (C=O) groups is 1. The van der Waals surface area contributed by atoms with Gasteiger partial charge in [0, 0.05) is 74.5 Å². The fourth-order valence-electron chi connectivity index (χ4n) is 5.79. The summed E-state index contributed by atoms with van der Waals surface area (Å²) in [5.74, 6) is -0.188. The van der Waals surface area contributed by atoms with Crippen LogP contribution in [-0.4, -0.2) is 74.4 Å². The summed E-state index contributed by atoms with van der Waals surface area (Å²) >= 11 is 0. The van der Waals surface area contributed by atoms with Crippen molar-refractivity contribution in [2.75, 3.05) is 57.5 Å². The average molecular weight is 549 g/mol. The minimum atomic E-state index is -0.188. The molecule has 2 saturated heterocycles. The van der Waals surface area contributed by atoms with E-state index in [9.17, 15) is 9.59 Å². The van der Waals surface area contributed by atoms with Gasteiger partial charge in [-0.15, -0.1) is 0 Å². The number of pyridine rings is 1. The number of amides is 1. The van der Waals surface area contributed by atoms with Crippen LogP contribution in [0.2, 0.25) is 0 Å². The van der Waals surface area contributed by atoms with Crippen LogP contribution >= 0.6 is 0 Å². The number of morpholine rings is 1. The lowest BCUT2D eigenvalue weighted by atomic mass is 9.94. The molecule has 4 rings (SSSR count). The van der Waals surface area contributed by atoms with Gasteiger partial charge in [-0.3, -0.25) is 14.5 Å². The van der Waals surface area contributed by atoms with Crippen molar-refractivity contribution >= 4 is 17.2 Å². The maximum atomic E-state index is 13.8. The van der Waals surface area contributed by atoms with E-state index in [0.717, 1.165) is 99.1 Å². The summed E-state index contributed by atoms with van der Waals surface area (Å²) in [5, 5.41) is 3.04. The molecular weight excluding hydrogens is 504 g/mol. The minimum absolute atomic E-state index is 0.164. The Labute approximate surface area is 238 Å². The van der Waals surface area contributed by atoms with Gasteiger partial charge in [-0.2, -0.15) is 0 Å². The third-order valence-corrected chi connectivity index (χ3v) is 8.01. The number of anilines is 1. The first-order chi connectivity index (χ1) is 19.3. The van der Waals surface area contributed by atoms with Crippen LogP contribution in [0.25, 0.3) is 5.57 Å². The fourth-order valence-corrected chi connectivity index (χ4v) is 5.79. The Morgan fingerprint density at radius 2 is 1.82 bits per heavy atom. The average Bonchev–Trinajstić information content (AvgIpc) is 2.94. The van der Waals surface area contributed by atoms with Crippen LogP contribution in [-0.2, 0) is 16.0 Å². The first-order valence-electron chi connectivity index (χ1n) is 14.4. The van der Waals surface area contributed by atoms with E-state index in [-0.39, 0.29) is 18.0 Å². The number of hydrogen-bond donors (Lipinski definition) is 2. The second kappa shape index (κ2) is 13.9. The van der Waals surface area contributed by atoms with Gasteiger partial charge in [0.25, 0.3) is 11.5 Å². The Morgan fingerprint density at radius 1 is 1.12 bits per heavy atom. The number of H-pyrrole nitrogens is 1. The SMILES string of the molecule is C=C/C=C(\CN1CCOCC1)c1cc(C(=O)NCc2c(C)cc(C)[nH]c2=O)c(C)c(N(CC)C2CCOCC2)c1. The standard InChI is InChI=1S/C32H44N4O4/c1-6-8-25(21-35-11-15-40-16-12-35)26-18-28(31(37)33-20-29-22(3)17-23(4)34-32(29)38)24(5)30(19-26)36(7-2)27-9-13-39-14-10-27/h6,8,17-19,27H,1,7,9-16,20-21H2,2-5H3,(H,33,37)(H,34,38)/b25-8+. The van der Waals surface area contributed by atoms with Gasteiger partial charge in [0.05, 0.1) is 13.2 Å². The molecule has 3 heterocycles.